The van der Waals surface area contributed by atoms with Crippen LogP contribution in [0.1, 0.15) is 31.9 Å². The summed E-state index contributed by atoms with van der Waals surface area (Å²) in [5.74, 6) is 0.265. The van der Waals surface area contributed by atoms with Crippen LogP contribution in [0.25, 0.3) is 0 Å². The Morgan fingerprint density at radius 1 is 1.45 bits per heavy atom. The van der Waals surface area contributed by atoms with E-state index in [0.29, 0.717) is 5.56 Å². The lowest BCUT2D eigenvalue weighted by Gasteiger charge is -2.31. The minimum atomic E-state index is -0.344. The third kappa shape index (κ3) is 3.80. The third-order valence-corrected chi connectivity index (χ3v) is 3.65. The molecule has 3 nitrogen and oxygen atoms in total. The zero-order chi connectivity index (χ0) is 15.5. The summed E-state index contributed by atoms with van der Waals surface area (Å²) < 4.78 is 0. The van der Waals surface area contributed by atoms with Crippen molar-refractivity contribution in [2.24, 2.45) is 11.3 Å². The van der Waals surface area contributed by atoms with Crippen molar-refractivity contribution in [2.75, 3.05) is 0 Å². The molecule has 0 aromatic heterocycles. The number of nitro groups is 1. The lowest BCUT2D eigenvalue weighted by Crippen LogP contribution is -2.23. The quantitative estimate of drug-likeness (QED) is 0.437. The number of nitro benzene ring substituents is 1. The average molecular weight is 273 g/mol. The first-order valence-corrected chi connectivity index (χ1v) is 6.72. The summed E-state index contributed by atoms with van der Waals surface area (Å²) in [6, 6.07) is 5.31. The summed E-state index contributed by atoms with van der Waals surface area (Å²) in [6.45, 7) is 16.2. The van der Waals surface area contributed by atoms with E-state index in [2.05, 4.69) is 33.9 Å². The predicted molar refractivity (Wildman–Crippen MR) is 83.8 cm³/mol. The molecule has 1 aromatic carbocycles. The first kappa shape index (κ1) is 16.2. The van der Waals surface area contributed by atoms with E-state index in [1.807, 2.05) is 12.1 Å². The highest BCUT2D eigenvalue weighted by atomic mass is 16.6. The average Bonchev–Trinajstić information content (AvgIpc) is 2.33. The van der Waals surface area contributed by atoms with Gasteiger partial charge in [-0.15, -0.1) is 0 Å². The topological polar surface area (TPSA) is 43.1 Å². The number of allylic oxidation sites excluding steroid dienone is 2. The number of nitrogens with zero attached hydrogens (tertiary/aromatic N) is 1. The Kier molecular flexibility index (Phi) is 4.88. The molecule has 0 amide bonds. The highest BCUT2D eigenvalue weighted by Crippen LogP contribution is 2.35. The largest absolute Gasteiger partial charge is 0.272 e. The van der Waals surface area contributed by atoms with E-state index < -0.39 is 0 Å². The van der Waals surface area contributed by atoms with Crippen molar-refractivity contribution in [3.8, 4) is 0 Å². The van der Waals surface area contributed by atoms with Gasteiger partial charge in [0.25, 0.3) is 5.69 Å². The molecule has 0 bridgehead atoms. The standard InChI is InChI=1S/C17H23NO2/c1-7-12(2)15(17(4,5)6)11-14-8-9-16(18(19)20)13(3)10-14/h7-10,15H,1-2,11H2,3-6H3. The van der Waals surface area contributed by atoms with Crippen LogP contribution in [0.4, 0.5) is 5.69 Å². The molecule has 20 heavy (non-hydrogen) atoms. The van der Waals surface area contributed by atoms with Gasteiger partial charge in [-0.2, -0.15) is 0 Å². The lowest BCUT2D eigenvalue weighted by molar-refractivity contribution is -0.385. The lowest BCUT2D eigenvalue weighted by atomic mass is 9.73. The molecule has 3 heteroatoms. The van der Waals surface area contributed by atoms with E-state index in [1.165, 1.54) is 0 Å². The Bertz CT molecular complexity index is 538. The maximum Gasteiger partial charge on any atom is 0.272 e. The van der Waals surface area contributed by atoms with Crippen molar-refractivity contribution in [3.63, 3.8) is 0 Å². The highest BCUT2D eigenvalue weighted by Gasteiger charge is 2.26. The fourth-order valence-electron chi connectivity index (χ4n) is 2.42. The van der Waals surface area contributed by atoms with Gasteiger partial charge >= 0.3 is 0 Å². The van der Waals surface area contributed by atoms with Crippen LogP contribution in [0, 0.1) is 28.4 Å². The Morgan fingerprint density at radius 3 is 2.45 bits per heavy atom. The van der Waals surface area contributed by atoms with Gasteiger partial charge in [-0.1, -0.05) is 51.6 Å². The number of rotatable bonds is 5. The van der Waals surface area contributed by atoms with Crippen LogP contribution >= 0.6 is 0 Å². The van der Waals surface area contributed by atoms with Crippen molar-refractivity contribution in [1.82, 2.24) is 0 Å². The van der Waals surface area contributed by atoms with Crippen LogP contribution in [0.3, 0.4) is 0 Å². The molecule has 0 saturated heterocycles. The van der Waals surface area contributed by atoms with Crippen LogP contribution in [0.15, 0.2) is 43.0 Å². The Hall–Kier alpha value is -1.90. The Labute approximate surface area is 121 Å². The molecular formula is C17H23NO2. The van der Waals surface area contributed by atoms with Gasteiger partial charge in [-0.05, 0) is 36.3 Å². The minimum absolute atomic E-state index is 0.0704. The molecule has 1 atom stereocenters. The minimum Gasteiger partial charge on any atom is -0.258 e. The SMILES string of the molecule is C=CC(=C)C(Cc1ccc([N+](=O)[O-])c(C)c1)C(C)(C)C. The molecule has 1 aromatic rings. The van der Waals surface area contributed by atoms with Crippen LogP contribution in [0.2, 0.25) is 0 Å². The zero-order valence-corrected chi connectivity index (χ0v) is 12.8. The summed E-state index contributed by atoms with van der Waals surface area (Å²) >= 11 is 0. The van der Waals surface area contributed by atoms with Crippen LogP contribution in [-0.4, -0.2) is 4.92 Å². The number of benzene rings is 1. The molecule has 0 saturated carbocycles. The number of hydrogen-bond donors (Lipinski definition) is 0. The molecule has 1 unspecified atom stereocenters. The smallest absolute Gasteiger partial charge is 0.258 e. The van der Waals surface area contributed by atoms with Gasteiger partial charge in [0.15, 0.2) is 0 Å². The zero-order valence-electron chi connectivity index (χ0n) is 12.8. The fourth-order valence-corrected chi connectivity index (χ4v) is 2.42. The van der Waals surface area contributed by atoms with Crippen LogP contribution in [-0.2, 0) is 6.42 Å². The summed E-state index contributed by atoms with van der Waals surface area (Å²) in [4.78, 5) is 10.5. The van der Waals surface area contributed by atoms with E-state index in [9.17, 15) is 10.1 Å². The van der Waals surface area contributed by atoms with Crippen molar-refractivity contribution in [2.45, 2.75) is 34.1 Å². The molecule has 1 rings (SSSR count). The summed E-state index contributed by atoms with van der Waals surface area (Å²) in [5, 5.41) is 10.8. The second-order valence-corrected chi connectivity index (χ2v) is 6.28. The summed E-state index contributed by atoms with van der Waals surface area (Å²) in [5.41, 5.74) is 3.04. The van der Waals surface area contributed by atoms with Crippen LogP contribution in [0.5, 0.6) is 0 Å². The molecule has 0 radical (unpaired) electrons. The second-order valence-electron chi connectivity index (χ2n) is 6.28. The molecule has 108 valence electrons. The first-order chi connectivity index (χ1) is 9.16. The van der Waals surface area contributed by atoms with Gasteiger partial charge in [-0.25, -0.2) is 0 Å². The molecule has 0 N–H and O–H groups in total. The Balaban J connectivity index is 3.07. The fraction of sp³-hybridized carbons (Fsp3) is 0.412. The molecule has 0 fully saturated rings. The molecule has 0 spiro atoms. The van der Waals surface area contributed by atoms with Gasteiger partial charge in [-0.3, -0.25) is 10.1 Å². The molecule has 0 aliphatic carbocycles. The van der Waals surface area contributed by atoms with Gasteiger partial charge < -0.3 is 0 Å². The monoisotopic (exact) mass is 273 g/mol. The number of aryl methyl sites for hydroxylation is 1. The third-order valence-electron chi connectivity index (χ3n) is 3.65. The van der Waals surface area contributed by atoms with Crippen LogP contribution < -0.4 is 0 Å². The van der Waals surface area contributed by atoms with Crippen molar-refractivity contribution in [1.29, 1.82) is 0 Å². The van der Waals surface area contributed by atoms with E-state index in [-0.39, 0.29) is 21.9 Å². The van der Waals surface area contributed by atoms with E-state index >= 15 is 0 Å². The van der Waals surface area contributed by atoms with Gasteiger partial charge in [0.2, 0.25) is 0 Å². The number of hydrogen-bond acceptors (Lipinski definition) is 2. The van der Waals surface area contributed by atoms with Gasteiger partial charge in [0.1, 0.15) is 0 Å². The van der Waals surface area contributed by atoms with Crippen molar-refractivity contribution >= 4 is 5.69 Å². The Morgan fingerprint density at radius 2 is 2.05 bits per heavy atom. The second kappa shape index (κ2) is 6.04. The molecule has 0 aliphatic heterocycles. The summed E-state index contributed by atoms with van der Waals surface area (Å²) in [6.07, 6.45) is 2.61. The van der Waals surface area contributed by atoms with Gasteiger partial charge in [0.05, 0.1) is 4.92 Å². The molecule has 0 aliphatic rings. The summed E-state index contributed by atoms with van der Waals surface area (Å²) in [7, 11) is 0. The van der Waals surface area contributed by atoms with Crippen molar-refractivity contribution < 1.29 is 4.92 Å². The highest BCUT2D eigenvalue weighted by molar-refractivity contribution is 5.42. The maximum atomic E-state index is 10.8. The van der Waals surface area contributed by atoms with E-state index in [0.717, 1.165) is 17.6 Å². The molecular weight excluding hydrogens is 250 g/mol. The van der Waals surface area contributed by atoms with E-state index in [1.54, 1.807) is 19.1 Å². The predicted octanol–water partition coefficient (Wildman–Crippen LogP) is 4.85. The molecule has 0 heterocycles. The maximum absolute atomic E-state index is 10.8. The van der Waals surface area contributed by atoms with Crippen molar-refractivity contribution in [3.05, 3.63) is 64.2 Å². The van der Waals surface area contributed by atoms with Gasteiger partial charge in [0, 0.05) is 11.6 Å². The normalized spacial score (nSPS) is 12.8. The van der Waals surface area contributed by atoms with E-state index in [4.69, 9.17) is 0 Å². The first-order valence-electron chi connectivity index (χ1n) is 6.72.